The molecular formula is C20H26N4S2. The number of nitrogens with one attached hydrogen (secondary N) is 2. The van der Waals surface area contributed by atoms with Crippen molar-refractivity contribution in [2.24, 2.45) is 0 Å². The normalized spacial score (nSPS) is 21.6. The molecule has 2 aliphatic heterocycles. The summed E-state index contributed by atoms with van der Waals surface area (Å²) >= 11 is 11.2. The maximum Gasteiger partial charge on any atom is 0.178 e. The van der Waals surface area contributed by atoms with Gasteiger partial charge in [-0.25, -0.2) is 0 Å². The monoisotopic (exact) mass is 386 g/mol. The lowest BCUT2D eigenvalue weighted by molar-refractivity contribution is 0.559. The molecule has 0 fully saturated rings. The van der Waals surface area contributed by atoms with Crippen molar-refractivity contribution in [3.05, 3.63) is 47.8 Å². The number of anilines is 2. The first-order valence-electron chi connectivity index (χ1n) is 8.73. The molecule has 0 radical (unpaired) electrons. The van der Waals surface area contributed by atoms with Crippen molar-refractivity contribution in [2.45, 2.75) is 52.6 Å². The predicted molar refractivity (Wildman–Crippen MR) is 119 cm³/mol. The largest absolute Gasteiger partial charge is 0.354 e. The van der Waals surface area contributed by atoms with Gasteiger partial charge in [-0.15, -0.1) is 0 Å². The lowest BCUT2D eigenvalue weighted by atomic mass is 10.0. The number of rotatable bonds is 2. The average Bonchev–Trinajstić information content (AvgIpc) is 2.44. The Kier molecular flexibility index (Phi) is 4.61. The summed E-state index contributed by atoms with van der Waals surface area (Å²) in [5, 5.41) is 8.17. The number of benzene rings is 1. The third kappa shape index (κ3) is 3.62. The van der Waals surface area contributed by atoms with Crippen molar-refractivity contribution in [2.75, 3.05) is 9.80 Å². The van der Waals surface area contributed by atoms with E-state index in [9.17, 15) is 0 Å². The van der Waals surface area contributed by atoms with Crippen LogP contribution in [0.2, 0.25) is 0 Å². The van der Waals surface area contributed by atoms with E-state index in [1.54, 1.807) is 0 Å². The van der Waals surface area contributed by atoms with E-state index < -0.39 is 0 Å². The standard InChI is InChI=1S/C20H26N4S2/c1-13-11-19(3,4)21-17(25)23(13)15-7-9-16(10-8-15)24-14(2)12-20(5,6)22-18(24)26/h7-12H,1-6H3,(H,21,25)(H,22,26). The van der Waals surface area contributed by atoms with Gasteiger partial charge >= 0.3 is 0 Å². The van der Waals surface area contributed by atoms with Gasteiger partial charge in [0.15, 0.2) is 10.2 Å². The van der Waals surface area contributed by atoms with Crippen LogP contribution in [0, 0.1) is 0 Å². The third-order valence-corrected chi connectivity index (χ3v) is 5.04. The third-order valence-electron chi connectivity index (χ3n) is 4.48. The smallest absolute Gasteiger partial charge is 0.178 e. The van der Waals surface area contributed by atoms with Crippen LogP contribution in [0.5, 0.6) is 0 Å². The Morgan fingerprint density at radius 3 is 1.27 bits per heavy atom. The number of hydrogen-bond donors (Lipinski definition) is 2. The van der Waals surface area contributed by atoms with Crippen molar-refractivity contribution in [1.82, 2.24) is 10.6 Å². The van der Waals surface area contributed by atoms with Crippen molar-refractivity contribution in [1.29, 1.82) is 0 Å². The molecule has 0 aliphatic carbocycles. The first-order valence-corrected chi connectivity index (χ1v) is 9.54. The Balaban J connectivity index is 1.90. The Bertz CT molecular complexity index is 750. The van der Waals surface area contributed by atoms with Crippen molar-refractivity contribution in [3.8, 4) is 0 Å². The molecule has 0 atom stereocenters. The number of thiocarbonyl (C=S) groups is 2. The van der Waals surface area contributed by atoms with E-state index in [2.05, 4.69) is 98.4 Å². The number of nitrogens with zero attached hydrogens (tertiary/aromatic N) is 2. The Labute approximate surface area is 166 Å². The Hall–Kier alpha value is -1.92. The first-order chi connectivity index (χ1) is 12.0. The molecule has 0 saturated heterocycles. The first kappa shape index (κ1) is 18.9. The highest BCUT2D eigenvalue weighted by atomic mass is 32.1. The fourth-order valence-electron chi connectivity index (χ4n) is 3.62. The van der Waals surface area contributed by atoms with Crippen LogP contribution in [0.15, 0.2) is 47.8 Å². The zero-order valence-electron chi connectivity index (χ0n) is 16.2. The summed E-state index contributed by atoms with van der Waals surface area (Å²) in [5.41, 5.74) is 4.07. The van der Waals surface area contributed by atoms with Crippen LogP contribution in [0.1, 0.15) is 41.5 Å². The van der Waals surface area contributed by atoms with Crippen molar-refractivity contribution < 1.29 is 0 Å². The summed E-state index contributed by atoms with van der Waals surface area (Å²) in [7, 11) is 0. The summed E-state index contributed by atoms with van der Waals surface area (Å²) in [5.74, 6) is 0. The second kappa shape index (κ2) is 6.35. The van der Waals surface area contributed by atoms with E-state index >= 15 is 0 Å². The van der Waals surface area contributed by atoms with E-state index in [0.29, 0.717) is 0 Å². The molecule has 6 heteroatoms. The zero-order chi connectivity index (χ0) is 19.3. The SMILES string of the molecule is CC1=CC(C)(C)NC(=S)N1c1ccc(N2C(=S)NC(C)(C)C=C2C)cc1. The van der Waals surface area contributed by atoms with E-state index in [1.165, 1.54) is 0 Å². The molecular weight excluding hydrogens is 360 g/mol. The van der Waals surface area contributed by atoms with Crippen LogP contribution in [0.3, 0.4) is 0 Å². The summed E-state index contributed by atoms with van der Waals surface area (Å²) < 4.78 is 0. The van der Waals surface area contributed by atoms with Gasteiger partial charge < -0.3 is 10.6 Å². The Morgan fingerprint density at radius 1 is 0.692 bits per heavy atom. The van der Waals surface area contributed by atoms with Gasteiger partial charge in [0.05, 0.1) is 11.1 Å². The molecule has 0 spiro atoms. The maximum atomic E-state index is 5.58. The topological polar surface area (TPSA) is 30.5 Å². The van der Waals surface area contributed by atoms with E-state index in [1.807, 2.05) is 0 Å². The van der Waals surface area contributed by atoms with Crippen LogP contribution in [-0.2, 0) is 0 Å². The zero-order valence-corrected chi connectivity index (χ0v) is 17.8. The molecule has 0 aromatic heterocycles. The summed E-state index contributed by atoms with van der Waals surface area (Å²) in [4.78, 5) is 4.12. The molecule has 0 saturated carbocycles. The lowest BCUT2D eigenvalue weighted by Gasteiger charge is -2.39. The molecule has 0 amide bonds. The molecule has 4 nitrogen and oxygen atoms in total. The second-order valence-corrected chi connectivity index (χ2v) is 8.84. The highest BCUT2D eigenvalue weighted by molar-refractivity contribution is 7.80. The molecule has 3 rings (SSSR count). The molecule has 0 unspecified atom stereocenters. The average molecular weight is 387 g/mol. The van der Waals surface area contributed by atoms with Crippen LogP contribution in [0.4, 0.5) is 11.4 Å². The van der Waals surface area contributed by atoms with Gasteiger partial charge in [0, 0.05) is 22.8 Å². The maximum absolute atomic E-state index is 5.58. The van der Waals surface area contributed by atoms with Gasteiger partial charge in [0.2, 0.25) is 0 Å². The molecule has 2 aliphatic rings. The second-order valence-electron chi connectivity index (χ2n) is 8.06. The van der Waals surface area contributed by atoms with Crippen LogP contribution in [0.25, 0.3) is 0 Å². The molecule has 2 N–H and O–H groups in total. The molecule has 0 bridgehead atoms. The van der Waals surface area contributed by atoms with Crippen LogP contribution >= 0.6 is 24.4 Å². The minimum Gasteiger partial charge on any atom is -0.354 e. The van der Waals surface area contributed by atoms with Crippen molar-refractivity contribution in [3.63, 3.8) is 0 Å². The lowest BCUT2D eigenvalue weighted by Crippen LogP contribution is -2.53. The molecule has 138 valence electrons. The van der Waals surface area contributed by atoms with Gasteiger partial charge in [-0.3, -0.25) is 9.80 Å². The minimum absolute atomic E-state index is 0.127. The fraction of sp³-hybridized carbons (Fsp3) is 0.400. The summed E-state index contributed by atoms with van der Waals surface area (Å²) in [6.07, 6.45) is 4.38. The highest BCUT2D eigenvalue weighted by Crippen LogP contribution is 2.30. The summed E-state index contributed by atoms with van der Waals surface area (Å²) in [6, 6.07) is 8.31. The van der Waals surface area contributed by atoms with Gasteiger partial charge in [0.25, 0.3) is 0 Å². The molecule has 26 heavy (non-hydrogen) atoms. The van der Waals surface area contributed by atoms with E-state index in [0.717, 1.165) is 33.0 Å². The predicted octanol–water partition coefficient (Wildman–Crippen LogP) is 4.44. The van der Waals surface area contributed by atoms with E-state index in [-0.39, 0.29) is 11.1 Å². The number of hydrogen-bond acceptors (Lipinski definition) is 2. The summed E-state index contributed by atoms with van der Waals surface area (Å²) in [6.45, 7) is 12.6. The minimum atomic E-state index is -0.127. The van der Waals surface area contributed by atoms with Gasteiger partial charge in [-0.05, 0) is 102 Å². The van der Waals surface area contributed by atoms with Crippen LogP contribution < -0.4 is 20.4 Å². The van der Waals surface area contributed by atoms with Crippen LogP contribution in [-0.4, -0.2) is 21.3 Å². The quantitative estimate of drug-likeness (QED) is 0.731. The van der Waals surface area contributed by atoms with Gasteiger partial charge in [-0.2, -0.15) is 0 Å². The van der Waals surface area contributed by atoms with Gasteiger partial charge in [0.1, 0.15) is 0 Å². The van der Waals surface area contributed by atoms with Crippen molar-refractivity contribution >= 4 is 46.0 Å². The highest BCUT2D eigenvalue weighted by Gasteiger charge is 2.29. The van der Waals surface area contributed by atoms with E-state index in [4.69, 9.17) is 24.4 Å². The molecule has 2 heterocycles. The number of allylic oxidation sites excluding steroid dienone is 2. The molecule has 1 aromatic rings. The fourth-order valence-corrected chi connectivity index (χ4v) is 4.65. The van der Waals surface area contributed by atoms with Gasteiger partial charge in [-0.1, -0.05) is 0 Å². The Morgan fingerprint density at radius 2 is 1.00 bits per heavy atom. The molecule has 1 aromatic carbocycles.